The molecule has 0 aliphatic heterocycles. The number of carboxylic acid groups (broad SMARTS) is 1. The quantitative estimate of drug-likeness (QED) is 0.887. The zero-order valence-electron chi connectivity index (χ0n) is 11.9. The van der Waals surface area contributed by atoms with E-state index in [9.17, 15) is 9.59 Å². The number of hydrogen-bond acceptors (Lipinski definition) is 2. The lowest BCUT2D eigenvalue weighted by atomic mass is 10.1. The molecule has 0 saturated heterocycles. The smallest absolute Gasteiger partial charge is 0.308 e. The van der Waals surface area contributed by atoms with Gasteiger partial charge in [-0.3, -0.25) is 9.59 Å². The molecular weight excluding hydrogens is 268 g/mol. The van der Waals surface area contributed by atoms with Crippen LogP contribution in [0.3, 0.4) is 0 Å². The number of carbonyl (C=O) groups is 2. The van der Waals surface area contributed by atoms with Crippen LogP contribution in [-0.2, 0) is 4.79 Å². The molecule has 0 bridgehead atoms. The zero-order valence-corrected chi connectivity index (χ0v) is 11.9. The van der Waals surface area contributed by atoms with Gasteiger partial charge in [0.05, 0.1) is 5.92 Å². The first-order chi connectivity index (χ1) is 10.1. The number of aromatic amines is 1. The highest BCUT2D eigenvalue weighted by molar-refractivity contribution is 5.98. The molecule has 5 nitrogen and oxygen atoms in total. The second kappa shape index (κ2) is 5.24. The monoisotopic (exact) mass is 286 g/mol. The number of aliphatic carboxylic acids is 1. The normalized spacial score (nSPS) is 15.9. The summed E-state index contributed by atoms with van der Waals surface area (Å²) >= 11 is 0. The van der Waals surface area contributed by atoms with Gasteiger partial charge in [-0.15, -0.1) is 0 Å². The van der Waals surface area contributed by atoms with Crippen LogP contribution in [0.25, 0.3) is 10.9 Å². The van der Waals surface area contributed by atoms with Crippen LogP contribution in [0.1, 0.15) is 30.1 Å². The lowest BCUT2D eigenvalue weighted by Crippen LogP contribution is -2.38. The number of hydrogen-bond donors (Lipinski definition) is 2. The predicted molar refractivity (Wildman–Crippen MR) is 79.2 cm³/mol. The molecule has 1 unspecified atom stereocenters. The molecule has 21 heavy (non-hydrogen) atoms. The minimum atomic E-state index is -0.866. The summed E-state index contributed by atoms with van der Waals surface area (Å²) in [4.78, 5) is 28.5. The minimum absolute atomic E-state index is 0.0753. The third-order valence-corrected chi connectivity index (χ3v) is 3.94. The lowest BCUT2D eigenvalue weighted by Gasteiger charge is -2.24. The molecule has 1 fully saturated rings. The molecular formula is C16H18N2O3. The van der Waals surface area contributed by atoms with E-state index in [-0.39, 0.29) is 18.5 Å². The first-order valence-corrected chi connectivity index (χ1v) is 7.17. The summed E-state index contributed by atoms with van der Waals surface area (Å²) in [6.45, 7) is 1.91. The summed E-state index contributed by atoms with van der Waals surface area (Å²) in [5.74, 6) is -1.49. The van der Waals surface area contributed by atoms with Gasteiger partial charge in [0.1, 0.15) is 0 Å². The number of fused-ring (bicyclic) bond motifs is 1. The summed E-state index contributed by atoms with van der Waals surface area (Å²) < 4.78 is 0. The summed E-state index contributed by atoms with van der Waals surface area (Å²) in [7, 11) is 0. The molecule has 110 valence electrons. The fourth-order valence-corrected chi connectivity index (χ4v) is 2.51. The van der Waals surface area contributed by atoms with Gasteiger partial charge in [-0.2, -0.15) is 0 Å². The Bertz CT molecular complexity index is 688. The van der Waals surface area contributed by atoms with E-state index < -0.39 is 11.9 Å². The van der Waals surface area contributed by atoms with Crippen molar-refractivity contribution < 1.29 is 14.7 Å². The highest BCUT2D eigenvalue weighted by Gasteiger charge is 2.34. The van der Waals surface area contributed by atoms with E-state index >= 15 is 0 Å². The number of benzene rings is 1. The van der Waals surface area contributed by atoms with Gasteiger partial charge < -0.3 is 15.0 Å². The van der Waals surface area contributed by atoms with Gasteiger partial charge in [0.25, 0.3) is 5.91 Å². The molecule has 0 radical (unpaired) electrons. The van der Waals surface area contributed by atoms with E-state index in [2.05, 4.69) is 4.98 Å². The molecule has 1 heterocycles. The van der Waals surface area contributed by atoms with Crippen molar-refractivity contribution in [1.29, 1.82) is 0 Å². The van der Waals surface area contributed by atoms with Crippen LogP contribution < -0.4 is 0 Å². The van der Waals surface area contributed by atoms with Gasteiger partial charge in [-0.05, 0) is 37.1 Å². The fraction of sp³-hybridized carbons (Fsp3) is 0.375. The number of H-pyrrole nitrogens is 1. The molecule has 2 aromatic rings. The Kier molecular flexibility index (Phi) is 3.41. The molecule has 5 heteroatoms. The number of carbonyl (C=O) groups excluding carboxylic acids is 1. The van der Waals surface area contributed by atoms with E-state index in [1.54, 1.807) is 17.9 Å². The average molecular weight is 286 g/mol. The van der Waals surface area contributed by atoms with Gasteiger partial charge in [-0.1, -0.05) is 6.92 Å². The molecule has 1 amide bonds. The molecule has 0 spiro atoms. The van der Waals surface area contributed by atoms with Crippen molar-refractivity contribution in [3.8, 4) is 0 Å². The predicted octanol–water partition coefficient (Wildman–Crippen LogP) is 2.49. The number of nitrogens with zero attached hydrogens (tertiary/aromatic N) is 1. The van der Waals surface area contributed by atoms with Crippen LogP contribution in [0.4, 0.5) is 0 Å². The van der Waals surface area contributed by atoms with Crippen LogP contribution in [-0.4, -0.2) is 39.5 Å². The number of nitrogens with one attached hydrogen (secondary N) is 1. The number of rotatable bonds is 5. The third-order valence-electron chi connectivity index (χ3n) is 3.94. The highest BCUT2D eigenvalue weighted by Crippen LogP contribution is 2.29. The maximum absolute atomic E-state index is 12.7. The third kappa shape index (κ3) is 2.77. The average Bonchev–Trinajstić information content (AvgIpc) is 3.20. The van der Waals surface area contributed by atoms with Crippen molar-refractivity contribution in [1.82, 2.24) is 9.88 Å². The van der Waals surface area contributed by atoms with E-state index in [1.807, 2.05) is 24.4 Å². The van der Waals surface area contributed by atoms with Crippen LogP contribution in [0, 0.1) is 5.92 Å². The summed E-state index contributed by atoms with van der Waals surface area (Å²) in [5, 5.41) is 10.0. The van der Waals surface area contributed by atoms with Crippen molar-refractivity contribution in [2.24, 2.45) is 5.92 Å². The minimum Gasteiger partial charge on any atom is -0.481 e. The van der Waals surface area contributed by atoms with Crippen LogP contribution in [0.5, 0.6) is 0 Å². The maximum Gasteiger partial charge on any atom is 0.308 e. The van der Waals surface area contributed by atoms with Crippen molar-refractivity contribution in [2.75, 3.05) is 6.54 Å². The number of aromatic nitrogens is 1. The Balaban J connectivity index is 1.84. The Labute approximate surface area is 122 Å². The Hall–Kier alpha value is -2.30. The van der Waals surface area contributed by atoms with E-state index in [0.29, 0.717) is 5.56 Å². The Morgan fingerprint density at radius 1 is 1.38 bits per heavy atom. The van der Waals surface area contributed by atoms with E-state index in [0.717, 1.165) is 23.7 Å². The van der Waals surface area contributed by atoms with Crippen LogP contribution in [0.2, 0.25) is 0 Å². The fourth-order valence-electron chi connectivity index (χ4n) is 2.51. The molecule has 1 aromatic carbocycles. The van der Waals surface area contributed by atoms with Crippen molar-refractivity contribution in [2.45, 2.75) is 25.8 Å². The van der Waals surface area contributed by atoms with Crippen LogP contribution >= 0.6 is 0 Å². The van der Waals surface area contributed by atoms with Crippen molar-refractivity contribution in [3.63, 3.8) is 0 Å². The summed E-state index contributed by atoms with van der Waals surface area (Å²) in [6.07, 6.45) is 3.76. The maximum atomic E-state index is 12.7. The molecule has 1 aromatic heterocycles. The number of carboxylic acids is 1. The van der Waals surface area contributed by atoms with E-state index in [1.165, 1.54) is 0 Å². The van der Waals surface area contributed by atoms with Gasteiger partial charge in [0, 0.05) is 35.2 Å². The molecule has 3 rings (SSSR count). The molecule has 1 saturated carbocycles. The second-order valence-corrected chi connectivity index (χ2v) is 5.71. The molecule has 2 N–H and O–H groups in total. The lowest BCUT2D eigenvalue weighted by molar-refractivity contribution is -0.141. The van der Waals surface area contributed by atoms with Gasteiger partial charge in [-0.25, -0.2) is 0 Å². The standard InChI is InChI=1S/C16H18N2O3/c1-10(16(20)21)9-18(13-3-4-13)15(19)12-2-5-14-11(8-12)6-7-17-14/h2,5-8,10,13,17H,3-4,9H2,1H3,(H,20,21). The van der Waals surface area contributed by atoms with Gasteiger partial charge >= 0.3 is 5.97 Å². The van der Waals surface area contributed by atoms with Crippen molar-refractivity contribution >= 4 is 22.8 Å². The molecule has 1 aliphatic carbocycles. The SMILES string of the molecule is CC(CN(C(=O)c1ccc2[nH]ccc2c1)C1CC1)C(=O)O. The molecule has 1 aliphatic rings. The zero-order chi connectivity index (χ0) is 15.0. The first-order valence-electron chi connectivity index (χ1n) is 7.17. The Morgan fingerprint density at radius 2 is 2.14 bits per heavy atom. The largest absolute Gasteiger partial charge is 0.481 e. The second-order valence-electron chi connectivity index (χ2n) is 5.71. The Morgan fingerprint density at radius 3 is 2.81 bits per heavy atom. The van der Waals surface area contributed by atoms with Crippen molar-refractivity contribution in [3.05, 3.63) is 36.0 Å². The van der Waals surface area contributed by atoms with E-state index in [4.69, 9.17) is 5.11 Å². The summed E-state index contributed by atoms with van der Waals surface area (Å²) in [5.41, 5.74) is 1.61. The topological polar surface area (TPSA) is 73.4 Å². The van der Waals surface area contributed by atoms with Gasteiger partial charge in [0.15, 0.2) is 0 Å². The molecule has 1 atom stereocenters. The van der Waals surface area contributed by atoms with Crippen LogP contribution in [0.15, 0.2) is 30.5 Å². The first kappa shape index (κ1) is 13.7. The van der Waals surface area contributed by atoms with Gasteiger partial charge in [0.2, 0.25) is 0 Å². The highest BCUT2D eigenvalue weighted by atomic mass is 16.4. The number of amides is 1. The summed E-state index contributed by atoms with van der Waals surface area (Å²) in [6, 6.07) is 7.65.